The molecule has 6 nitrogen and oxygen atoms in total. The summed E-state index contributed by atoms with van der Waals surface area (Å²) in [5.74, 6) is -0.959. The van der Waals surface area contributed by atoms with E-state index < -0.39 is 22.1 Å². The van der Waals surface area contributed by atoms with Gasteiger partial charge in [-0.3, -0.25) is 4.55 Å². The Morgan fingerprint density at radius 3 is 2.50 bits per heavy atom. The first kappa shape index (κ1) is 9.18. The Morgan fingerprint density at radius 1 is 1.70 bits per heavy atom. The molecule has 0 aliphatic rings. The van der Waals surface area contributed by atoms with Crippen LogP contribution in [0.4, 0.5) is 4.79 Å². The zero-order valence-electron chi connectivity index (χ0n) is 5.14. The first-order valence-corrected chi connectivity index (χ1v) is 3.77. The summed E-state index contributed by atoms with van der Waals surface area (Å²) in [5, 5.41) is 2.81. The van der Waals surface area contributed by atoms with E-state index in [1.54, 1.807) is 0 Å². The lowest BCUT2D eigenvalue weighted by Crippen LogP contribution is -2.22. The van der Waals surface area contributed by atoms with Gasteiger partial charge in [-0.2, -0.15) is 13.7 Å². The lowest BCUT2D eigenvalue weighted by molar-refractivity contribution is 0.171. The highest BCUT2D eigenvalue weighted by molar-refractivity contribution is 7.85. The van der Waals surface area contributed by atoms with Crippen molar-refractivity contribution in [2.45, 2.75) is 0 Å². The van der Waals surface area contributed by atoms with Crippen LogP contribution in [-0.4, -0.2) is 32.1 Å². The molecule has 0 aliphatic heterocycles. The van der Waals surface area contributed by atoms with Crippen molar-refractivity contribution >= 4 is 16.2 Å². The van der Waals surface area contributed by atoms with Gasteiger partial charge in [0, 0.05) is 0 Å². The van der Waals surface area contributed by atoms with Crippen LogP contribution in [-0.2, 0) is 14.9 Å². The van der Waals surface area contributed by atoms with Crippen LogP contribution in [0.5, 0.6) is 0 Å². The van der Waals surface area contributed by atoms with Gasteiger partial charge in [0.05, 0.1) is 7.11 Å². The van der Waals surface area contributed by atoms with Crippen LogP contribution in [0, 0.1) is 0 Å². The summed E-state index contributed by atoms with van der Waals surface area (Å²) in [4.78, 5) is 10.1. The molecule has 0 saturated heterocycles. The van der Waals surface area contributed by atoms with Crippen LogP contribution in [0.2, 0.25) is 0 Å². The molecule has 0 atom stereocenters. The number of rotatable bonds is 2. The van der Waals surface area contributed by atoms with Crippen LogP contribution in [0.3, 0.4) is 0 Å². The third-order valence-electron chi connectivity index (χ3n) is 0.531. The van der Waals surface area contributed by atoms with E-state index in [4.69, 9.17) is 4.55 Å². The zero-order chi connectivity index (χ0) is 8.20. The summed E-state index contributed by atoms with van der Waals surface area (Å²) < 4.78 is 31.8. The minimum absolute atomic E-state index is 0.959. The molecule has 10 heavy (non-hydrogen) atoms. The highest BCUT2D eigenvalue weighted by Crippen LogP contribution is 1.80. The molecule has 0 aliphatic carbocycles. The van der Waals surface area contributed by atoms with Crippen LogP contribution in [0.1, 0.15) is 0 Å². The molecule has 0 aromatic rings. The van der Waals surface area contributed by atoms with Crippen molar-refractivity contribution in [1.82, 2.24) is 5.32 Å². The summed E-state index contributed by atoms with van der Waals surface area (Å²) in [7, 11) is -3.15. The van der Waals surface area contributed by atoms with Gasteiger partial charge in [0.25, 0.3) is 10.1 Å². The number of methoxy groups -OCH3 is 1. The Labute approximate surface area is 57.9 Å². The van der Waals surface area contributed by atoms with E-state index >= 15 is 0 Å². The zero-order valence-corrected chi connectivity index (χ0v) is 5.96. The summed E-state index contributed by atoms with van der Waals surface area (Å²) in [5.41, 5.74) is 0. The largest absolute Gasteiger partial charge is 0.451 e. The lowest BCUT2D eigenvalue weighted by atomic mass is 11.1. The van der Waals surface area contributed by atoms with Gasteiger partial charge in [-0.05, 0) is 0 Å². The van der Waals surface area contributed by atoms with Crippen molar-refractivity contribution in [3.8, 4) is 0 Å². The Hall–Kier alpha value is -0.820. The normalized spacial score (nSPS) is 10.6. The van der Waals surface area contributed by atoms with Crippen molar-refractivity contribution < 1.29 is 22.5 Å². The molecule has 0 fully saturated rings. The summed E-state index contributed by atoms with van der Waals surface area (Å²) in [6, 6.07) is 0. The molecule has 0 saturated carbocycles. The van der Waals surface area contributed by atoms with Gasteiger partial charge < -0.3 is 4.74 Å². The van der Waals surface area contributed by atoms with Crippen LogP contribution >= 0.6 is 0 Å². The molecule has 59 valence electrons. The van der Waals surface area contributed by atoms with Gasteiger partial charge in [-0.15, -0.1) is 0 Å². The van der Waals surface area contributed by atoms with Crippen LogP contribution < -0.4 is 5.32 Å². The summed E-state index contributed by atoms with van der Waals surface area (Å²) >= 11 is 0. The molecule has 1 N–H and O–H groups in total. The molecule has 1 amide bonds. The Balaban J connectivity index is 3.67. The van der Waals surface area contributed by atoms with Crippen molar-refractivity contribution in [2.24, 2.45) is 0 Å². The number of carbonyl (C=O) groups excluding carboxylic acids is 1. The smallest absolute Gasteiger partial charge is 0.429 e. The highest BCUT2D eigenvalue weighted by atomic mass is 32.2. The summed E-state index contributed by atoms with van der Waals surface area (Å²) in [6.45, 7) is 0. The SMILES string of the molecule is COC(=O)[N]CS(=O)(=O)O. The fraction of sp³-hybridized carbons (Fsp3) is 0.667. The van der Waals surface area contributed by atoms with E-state index in [-0.39, 0.29) is 0 Å². The quantitative estimate of drug-likeness (QED) is 0.545. The van der Waals surface area contributed by atoms with E-state index in [0.29, 0.717) is 0 Å². The number of amides is 1. The monoisotopic (exact) mass is 168 g/mol. The van der Waals surface area contributed by atoms with E-state index in [1.165, 1.54) is 0 Å². The molecule has 0 aromatic heterocycles. The average Bonchev–Trinajstić information content (AvgIpc) is 1.81. The molecular formula is C3H6NO5S. The summed E-state index contributed by atoms with van der Waals surface area (Å²) in [6.07, 6.45) is -1.03. The molecule has 0 unspecified atom stereocenters. The topological polar surface area (TPSA) is 94.8 Å². The van der Waals surface area contributed by atoms with Crippen LogP contribution in [0.15, 0.2) is 0 Å². The van der Waals surface area contributed by atoms with E-state index in [0.717, 1.165) is 7.11 Å². The third kappa shape index (κ3) is 5.32. The maximum Gasteiger partial charge on any atom is 0.429 e. The lowest BCUT2D eigenvalue weighted by Gasteiger charge is -1.95. The fourth-order valence-electron chi connectivity index (χ4n) is 0.199. The highest BCUT2D eigenvalue weighted by Gasteiger charge is 2.08. The molecular weight excluding hydrogens is 162 g/mol. The number of ether oxygens (including phenoxy) is 1. The van der Waals surface area contributed by atoms with Gasteiger partial charge in [0.1, 0.15) is 0 Å². The van der Waals surface area contributed by atoms with Crippen molar-refractivity contribution in [1.29, 1.82) is 0 Å². The Kier molecular flexibility index (Phi) is 3.10. The van der Waals surface area contributed by atoms with Crippen molar-refractivity contribution in [2.75, 3.05) is 13.0 Å². The van der Waals surface area contributed by atoms with Gasteiger partial charge >= 0.3 is 6.09 Å². The van der Waals surface area contributed by atoms with E-state index in [9.17, 15) is 13.2 Å². The molecule has 1 radical (unpaired) electrons. The Morgan fingerprint density at radius 2 is 2.20 bits per heavy atom. The first-order valence-electron chi connectivity index (χ1n) is 2.16. The minimum Gasteiger partial charge on any atom is -0.451 e. The minimum atomic E-state index is -4.20. The average molecular weight is 168 g/mol. The second-order valence-electron chi connectivity index (χ2n) is 1.34. The van der Waals surface area contributed by atoms with Gasteiger partial charge in [0.15, 0.2) is 5.88 Å². The number of nitrogens with zero attached hydrogens (tertiary/aromatic N) is 1. The molecule has 0 rings (SSSR count). The van der Waals surface area contributed by atoms with Crippen molar-refractivity contribution in [3.05, 3.63) is 0 Å². The standard InChI is InChI=1S/C3H6NO5S/c1-9-3(5)4-2-10(6,7)8/h2H2,1H3,(H,6,7,8). The van der Waals surface area contributed by atoms with Gasteiger partial charge in [-0.1, -0.05) is 0 Å². The van der Waals surface area contributed by atoms with Gasteiger partial charge in [-0.25, -0.2) is 4.79 Å². The predicted molar refractivity (Wildman–Crippen MR) is 31.0 cm³/mol. The molecule has 0 bridgehead atoms. The molecule has 0 heterocycles. The maximum absolute atomic E-state index is 10.1. The van der Waals surface area contributed by atoms with E-state index in [1.807, 2.05) is 0 Å². The number of carbonyl (C=O) groups is 1. The second kappa shape index (κ2) is 3.37. The third-order valence-corrected chi connectivity index (χ3v) is 0.987. The number of hydrogen-bond donors (Lipinski definition) is 1. The van der Waals surface area contributed by atoms with Gasteiger partial charge in [0.2, 0.25) is 0 Å². The fourth-order valence-corrected chi connectivity index (χ4v) is 0.467. The van der Waals surface area contributed by atoms with Crippen molar-refractivity contribution in [3.63, 3.8) is 0 Å². The first-order chi connectivity index (χ1) is 4.45. The molecule has 7 heteroatoms. The predicted octanol–water partition coefficient (Wildman–Crippen LogP) is -0.797. The Bertz CT molecular complexity index is 207. The molecule has 0 aromatic carbocycles. The number of hydrogen-bond acceptors (Lipinski definition) is 4. The maximum atomic E-state index is 10.1. The molecule has 0 spiro atoms. The second-order valence-corrected chi connectivity index (χ2v) is 2.76. The van der Waals surface area contributed by atoms with E-state index in [2.05, 4.69) is 10.1 Å². The van der Waals surface area contributed by atoms with Crippen LogP contribution in [0.25, 0.3) is 0 Å².